The molecule has 29 heavy (non-hydrogen) atoms. The van der Waals surface area contributed by atoms with Crippen LogP contribution in [0.1, 0.15) is 17.2 Å². The van der Waals surface area contributed by atoms with Gasteiger partial charge >= 0.3 is 0 Å². The van der Waals surface area contributed by atoms with Crippen molar-refractivity contribution in [3.8, 4) is 11.1 Å². The minimum atomic E-state index is 0.0611. The van der Waals surface area contributed by atoms with E-state index < -0.39 is 0 Å². The first-order chi connectivity index (χ1) is 14.3. The molecule has 0 bridgehead atoms. The molecule has 2 aromatic carbocycles. The Morgan fingerprint density at radius 3 is 2.41 bits per heavy atom. The highest BCUT2D eigenvalue weighted by Gasteiger charge is 2.23. The lowest BCUT2D eigenvalue weighted by molar-refractivity contribution is -0.120. The molecular weight excluding hydrogens is 380 g/mol. The Kier molecular flexibility index (Phi) is 6.72. The van der Waals surface area contributed by atoms with E-state index in [0.29, 0.717) is 13.0 Å². The third-order valence-corrected chi connectivity index (χ3v) is 6.03. The smallest absolute Gasteiger partial charge is 0.224 e. The molecule has 1 saturated heterocycles. The van der Waals surface area contributed by atoms with Gasteiger partial charge in [0.05, 0.1) is 25.7 Å². The summed E-state index contributed by atoms with van der Waals surface area (Å²) in [5.74, 6) is 0.0611. The van der Waals surface area contributed by atoms with Crippen molar-refractivity contribution in [3.63, 3.8) is 0 Å². The van der Waals surface area contributed by atoms with Crippen LogP contribution in [0.4, 0.5) is 0 Å². The summed E-state index contributed by atoms with van der Waals surface area (Å²) in [7, 11) is 0. The third-order valence-electron chi connectivity index (χ3n) is 5.33. The van der Waals surface area contributed by atoms with Gasteiger partial charge in [-0.1, -0.05) is 54.6 Å². The summed E-state index contributed by atoms with van der Waals surface area (Å²) >= 11 is 1.70. The van der Waals surface area contributed by atoms with Crippen LogP contribution in [0.15, 0.2) is 71.4 Å². The topological polar surface area (TPSA) is 41.6 Å². The summed E-state index contributed by atoms with van der Waals surface area (Å²) < 4.78 is 5.49. The highest BCUT2D eigenvalue weighted by Crippen LogP contribution is 2.23. The van der Waals surface area contributed by atoms with E-state index in [0.717, 1.165) is 31.9 Å². The number of hydrogen-bond acceptors (Lipinski definition) is 4. The summed E-state index contributed by atoms with van der Waals surface area (Å²) in [4.78, 5) is 15.0. The molecule has 5 heteroatoms. The molecule has 0 saturated carbocycles. The number of morpholine rings is 1. The van der Waals surface area contributed by atoms with Crippen molar-refractivity contribution < 1.29 is 9.53 Å². The van der Waals surface area contributed by atoms with Gasteiger partial charge in [0.25, 0.3) is 0 Å². The molecule has 0 radical (unpaired) electrons. The van der Waals surface area contributed by atoms with E-state index in [1.165, 1.54) is 16.7 Å². The van der Waals surface area contributed by atoms with Crippen molar-refractivity contribution in [1.82, 2.24) is 10.2 Å². The van der Waals surface area contributed by atoms with Crippen LogP contribution in [0.5, 0.6) is 0 Å². The predicted octanol–water partition coefficient (Wildman–Crippen LogP) is 4.15. The van der Waals surface area contributed by atoms with E-state index in [1.54, 1.807) is 11.3 Å². The molecule has 4 rings (SSSR count). The van der Waals surface area contributed by atoms with Gasteiger partial charge in [-0.3, -0.25) is 9.69 Å². The standard InChI is InChI=1S/C24H26N2O2S/c27-24(16-19-6-8-21(9-7-19)20-4-2-1-3-5-20)25-17-23(22-10-15-29-18-22)26-11-13-28-14-12-26/h1-10,15,18,23H,11-14,16-17H2,(H,25,27)/t23-/m1/s1. The molecular formula is C24H26N2O2S. The fourth-order valence-electron chi connectivity index (χ4n) is 3.72. The molecule has 0 unspecified atom stereocenters. The summed E-state index contributed by atoms with van der Waals surface area (Å²) in [6.45, 7) is 3.93. The zero-order valence-corrected chi connectivity index (χ0v) is 17.2. The number of amides is 1. The van der Waals surface area contributed by atoms with Crippen molar-refractivity contribution in [2.24, 2.45) is 0 Å². The zero-order valence-electron chi connectivity index (χ0n) is 16.4. The Hall–Kier alpha value is -2.47. The van der Waals surface area contributed by atoms with Gasteiger partial charge in [0.15, 0.2) is 0 Å². The molecule has 1 N–H and O–H groups in total. The largest absolute Gasteiger partial charge is 0.379 e. The van der Waals surface area contributed by atoms with Crippen molar-refractivity contribution in [3.05, 3.63) is 82.6 Å². The maximum absolute atomic E-state index is 12.6. The van der Waals surface area contributed by atoms with Gasteiger partial charge in [0, 0.05) is 19.6 Å². The second kappa shape index (κ2) is 9.83. The van der Waals surface area contributed by atoms with E-state index in [2.05, 4.69) is 51.3 Å². The van der Waals surface area contributed by atoms with Crippen LogP contribution in [-0.2, 0) is 16.0 Å². The minimum absolute atomic E-state index is 0.0611. The number of hydrogen-bond donors (Lipinski definition) is 1. The summed E-state index contributed by atoms with van der Waals surface area (Å²) in [6.07, 6.45) is 0.397. The highest BCUT2D eigenvalue weighted by molar-refractivity contribution is 7.07. The van der Waals surface area contributed by atoms with Crippen LogP contribution in [0.2, 0.25) is 0 Å². The second-order valence-corrected chi connectivity index (χ2v) is 8.04. The predicted molar refractivity (Wildman–Crippen MR) is 118 cm³/mol. The van der Waals surface area contributed by atoms with Crippen molar-refractivity contribution in [1.29, 1.82) is 0 Å². The highest BCUT2D eigenvalue weighted by atomic mass is 32.1. The quantitative estimate of drug-likeness (QED) is 0.641. The summed E-state index contributed by atoms with van der Waals surface area (Å²) in [6, 6.07) is 20.9. The lowest BCUT2D eigenvalue weighted by Gasteiger charge is -2.34. The van der Waals surface area contributed by atoms with Gasteiger partial charge in [-0.2, -0.15) is 11.3 Å². The van der Waals surface area contributed by atoms with Crippen molar-refractivity contribution in [2.45, 2.75) is 12.5 Å². The first-order valence-electron chi connectivity index (χ1n) is 10.0. The molecule has 0 aliphatic carbocycles. The fourth-order valence-corrected chi connectivity index (χ4v) is 4.42. The van der Waals surface area contributed by atoms with Crippen LogP contribution in [0, 0.1) is 0 Å². The van der Waals surface area contributed by atoms with Gasteiger partial charge in [-0.15, -0.1) is 0 Å². The molecule has 150 valence electrons. The van der Waals surface area contributed by atoms with Crippen molar-refractivity contribution >= 4 is 17.2 Å². The van der Waals surface area contributed by atoms with Crippen LogP contribution >= 0.6 is 11.3 Å². The molecule has 0 spiro atoms. The number of benzene rings is 2. The SMILES string of the molecule is O=C(Cc1ccc(-c2ccccc2)cc1)NC[C@H](c1ccsc1)N1CCOCC1. The van der Waals surface area contributed by atoms with E-state index >= 15 is 0 Å². The first kappa shape index (κ1) is 19.8. The fraction of sp³-hybridized carbons (Fsp3) is 0.292. The van der Waals surface area contributed by atoms with Gasteiger partial charge in [0.2, 0.25) is 5.91 Å². The first-order valence-corrected chi connectivity index (χ1v) is 11.0. The molecule has 1 aliphatic heterocycles. The van der Waals surface area contributed by atoms with Crippen LogP contribution < -0.4 is 5.32 Å². The van der Waals surface area contributed by atoms with Crippen LogP contribution in [0.25, 0.3) is 11.1 Å². The second-order valence-electron chi connectivity index (χ2n) is 7.26. The number of carbonyl (C=O) groups is 1. The number of thiophene rings is 1. The van der Waals surface area contributed by atoms with Gasteiger partial charge in [0.1, 0.15) is 0 Å². The number of nitrogens with zero attached hydrogens (tertiary/aromatic N) is 1. The number of carbonyl (C=O) groups excluding carboxylic acids is 1. The molecule has 1 amide bonds. The Labute approximate surface area is 176 Å². The maximum Gasteiger partial charge on any atom is 0.224 e. The van der Waals surface area contributed by atoms with E-state index in [-0.39, 0.29) is 11.9 Å². The minimum Gasteiger partial charge on any atom is -0.379 e. The summed E-state index contributed by atoms with van der Waals surface area (Å²) in [5, 5.41) is 7.42. The Morgan fingerprint density at radius 2 is 1.72 bits per heavy atom. The van der Waals surface area contributed by atoms with Crippen LogP contribution in [-0.4, -0.2) is 43.7 Å². The van der Waals surface area contributed by atoms with E-state index in [9.17, 15) is 4.79 Å². The zero-order chi connectivity index (χ0) is 19.9. The van der Waals surface area contributed by atoms with Crippen molar-refractivity contribution in [2.75, 3.05) is 32.8 Å². The molecule has 3 aromatic rings. The number of rotatable bonds is 7. The van der Waals surface area contributed by atoms with Gasteiger partial charge in [-0.05, 0) is 39.1 Å². The molecule has 4 nitrogen and oxygen atoms in total. The van der Waals surface area contributed by atoms with Gasteiger partial charge in [-0.25, -0.2) is 0 Å². The average molecular weight is 407 g/mol. The lowest BCUT2D eigenvalue weighted by Crippen LogP contribution is -2.43. The maximum atomic E-state index is 12.6. The molecule has 1 aliphatic rings. The third kappa shape index (κ3) is 5.32. The van der Waals surface area contributed by atoms with Crippen LogP contribution in [0.3, 0.4) is 0 Å². The summed E-state index contributed by atoms with van der Waals surface area (Å²) in [5.41, 5.74) is 4.65. The molecule has 1 aromatic heterocycles. The van der Waals surface area contributed by atoms with E-state index in [1.807, 2.05) is 30.3 Å². The molecule has 1 fully saturated rings. The number of ether oxygens (including phenoxy) is 1. The Bertz CT molecular complexity index is 888. The van der Waals surface area contributed by atoms with E-state index in [4.69, 9.17) is 4.74 Å². The molecule has 1 atom stereocenters. The number of nitrogens with one attached hydrogen (secondary N) is 1. The molecule has 2 heterocycles. The Morgan fingerprint density at radius 1 is 1.00 bits per heavy atom. The lowest BCUT2D eigenvalue weighted by atomic mass is 10.0. The normalized spacial score (nSPS) is 15.7. The van der Waals surface area contributed by atoms with Gasteiger partial charge < -0.3 is 10.1 Å². The monoisotopic (exact) mass is 406 g/mol. The Balaban J connectivity index is 1.34. The average Bonchev–Trinajstić information content (AvgIpc) is 3.30.